The fourth-order valence-corrected chi connectivity index (χ4v) is 1.42. The van der Waals surface area contributed by atoms with Crippen molar-refractivity contribution in [2.24, 2.45) is 7.05 Å². The van der Waals surface area contributed by atoms with Crippen LogP contribution in [0.15, 0.2) is 36.5 Å². The zero-order valence-electron chi connectivity index (χ0n) is 7.31. The number of rotatable bonds is 0. The lowest BCUT2D eigenvalue weighted by atomic mass is 10.2. The molecule has 1 aromatic carbocycles. The van der Waals surface area contributed by atoms with Gasteiger partial charge in [-0.15, -0.1) is 0 Å². The summed E-state index contributed by atoms with van der Waals surface area (Å²) in [7, 11) is 1.92. The highest BCUT2D eigenvalue weighted by atomic mass is 16.3. The number of pyridine rings is 1. The van der Waals surface area contributed by atoms with E-state index in [9.17, 15) is 5.11 Å². The quantitative estimate of drug-likeness (QED) is 0.614. The lowest BCUT2D eigenvalue weighted by Gasteiger charge is -1.96. The standard InChI is InChI=1S/C10H9NO.H2O/c1-11-7-3-5-8-4-2-6-9(12)10(8)11;/h2-7H,1H3;1H2. The molecule has 13 heavy (non-hydrogen) atoms. The number of nitrogens with zero attached hydrogens (tertiary/aromatic N) is 1. The Labute approximate surface area is 76.2 Å². The first kappa shape index (κ1) is 9.48. The van der Waals surface area contributed by atoms with Crippen LogP contribution < -0.4 is 4.57 Å². The van der Waals surface area contributed by atoms with E-state index >= 15 is 0 Å². The molecule has 2 rings (SSSR count). The normalized spacial score (nSPS) is 9.62. The van der Waals surface area contributed by atoms with E-state index in [1.807, 2.05) is 42.1 Å². The molecule has 3 heteroatoms. The Bertz CT molecular complexity index is 389. The van der Waals surface area contributed by atoms with Crippen LogP contribution in [0.3, 0.4) is 0 Å². The molecule has 0 saturated heterocycles. The first-order chi connectivity index (χ1) is 5.79. The number of para-hydroxylation sites is 1. The van der Waals surface area contributed by atoms with E-state index in [2.05, 4.69) is 0 Å². The van der Waals surface area contributed by atoms with E-state index in [1.165, 1.54) is 0 Å². The molecule has 1 heterocycles. The van der Waals surface area contributed by atoms with Gasteiger partial charge in [0.1, 0.15) is 7.05 Å². The molecular weight excluding hydrogens is 166 g/mol. The fraction of sp³-hybridized carbons (Fsp3) is 0.100. The van der Waals surface area contributed by atoms with E-state index in [-0.39, 0.29) is 5.48 Å². The number of aromatic nitrogens is 1. The minimum atomic E-state index is 0. The van der Waals surface area contributed by atoms with Crippen LogP contribution in [0.1, 0.15) is 0 Å². The van der Waals surface area contributed by atoms with Crippen LogP contribution in [0.2, 0.25) is 0 Å². The van der Waals surface area contributed by atoms with Gasteiger partial charge < -0.3 is 10.6 Å². The zero-order chi connectivity index (χ0) is 8.55. The van der Waals surface area contributed by atoms with Crippen molar-refractivity contribution in [3.05, 3.63) is 36.5 Å². The SMILES string of the molecule is C[n+]1cccc2cccc(O)c21.[OH-]. The van der Waals surface area contributed by atoms with Crippen molar-refractivity contribution in [3.8, 4) is 5.75 Å². The van der Waals surface area contributed by atoms with Crippen molar-refractivity contribution in [3.63, 3.8) is 0 Å². The van der Waals surface area contributed by atoms with Gasteiger partial charge in [0.05, 0.1) is 5.39 Å². The molecule has 0 saturated carbocycles. The van der Waals surface area contributed by atoms with Gasteiger partial charge in [-0.3, -0.25) is 0 Å². The summed E-state index contributed by atoms with van der Waals surface area (Å²) in [6.45, 7) is 0. The highest BCUT2D eigenvalue weighted by molar-refractivity contribution is 5.80. The van der Waals surface area contributed by atoms with E-state index in [4.69, 9.17) is 0 Å². The van der Waals surface area contributed by atoms with Crippen LogP contribution in [0.4, 0.5) is 0 Å². The van der Waals surface area contributed by atoms with Gasteiger partial charge in [0.2, 0.25) is 0 Å². The lowest BCUT2D eigenvalue weighted by molar-refractivity contribution is -0.645. The van der Waals surface area contributed by atoms with Gasteiger partial charge in [0.15, 0.2) is 11.9 Å². The molecule has 2 aromatic rings. The van der Waals surface area contributed by atoms with Crippen molar-refractivity contribution in [1.29, 1.82) is 0 Å². The number of fused-ring (bicyclic) bond motifs is 1. The van der Waals surface area contributed by atoms with Crippen LogP contribution in [-0.2, 0) is 7.05 Å². The largest absolute Gasteiger partial charge is 0.870 e. The van der Waals surface area contributed by atoms with Gasteiger partial charge >= 0.3 is 0 Å². The summed E-state index contributed by atoms with van der Waals surface area (Å²) in [5, 5.41) is 10.6. The maximum absolute atomic E-state index is 9.53. The van der Waals surface area contributed by atoms with E-state index in [0.717, 1.165) is 10.9 Å². The Morgan fingerprint density at radius 2 is 1.85 bits per heavy atom. The minimum Gasteiger partial charge on any atom is -0.870 e. The number of phenols is 1. The van der Waals surface area contributed by atoms with Gasteiger partial charge in [-0.05, 0) is 18.2 Å². The molecule has 3 nitrogen and oxygen atoms in total. The van der Waals surface area contributed by atoms with Gasteiger partial charge in [0, 0.05) is 6.07 Å². The predicted octanol–water partition coefficient (Wildman–Crippen LogP) is 1.19. The average Bonchev–Trinajstić information content (AvgIpc) is 2.04. The number of hydrogen-bond donors (Lipinski definition) is 1. The Balaban J connectivity index is 0.000000845. The van der Waals surface area contributed by atoms with E-state index < -0.39 is 0 Å². The molecule has 0 atom stereocenters. The van der Waals surface area contributed by atoms with E-state index in [1.54, 1.807) is 6.07 Å². The van der Waals surface area contributed by atoms with Crippen molar-refractivity contribution in [2.45, 2.75) is 0 Å². The topological polar surface area (TPSA) is 54.1 Å². The van der Waals surface area contributed by atoms with Crippen LogP contribution >= 0.6 is 0 Å². The molecule has 2 N–H and O–H groups in total. The van der Waals surface area contributed by atoms with Crippen molar-refractivity contribution >= 4 is 10.9 Å². The molecule has 0 spiro atoms. The summed E-state index contributed by atoms with van der Waals surface area (Å²) in [5.41, 5.74) is 0.875. The average molecular weight is 177 g/mol. The zero-order valence-corrected chi connectivity index (χ0v) is 7.31. The Morgan fingerprint density at radius 1 is 1.15 bits per heavy atom. The van der Waals surface area contributed by atoms with Gasteiger partial charge in [-0.1, -0.05) is 6.07 Å². The predicted molar refractivity (Wildman–Crippen MR) is 48.7 cm³/mol. The maximum atomic E-state index is 9.53. The molecule has 0 radical (unpaired) electrons. The fourth-order valence-electron chi connectivity index (χ4n) is 1.42. The summed E-state index contributed by atoms with van der Waals surface area (Å²) < 4.78 is 1.91. The third-order valence-electron chi connectivity index (χ3n) is 1.98. The highest BCUT2D eigenvalue weighted by Gasteiger charge is 2.07. The molecule has 0 aliphatic carbocycles. The molecular formula is C10H11NO2. The Kier molecular flexibility index (Phi) is 2.49. The van der Waals surface area contributed by atoms with Crippen molar-refractivity contribution < 1.29 is 15.1 Å². The highest BCUT2D eigenvalue weighted by Crippen LogP contribution is 2.19. The molecule has 0 aliphatic rings. The van der Waals surface area contributed by atoms with Gasteiger partial charge in [-0.2, -0.15) is 4.57 Å². The first-order valence-electron chi connectivity index (χ1n) is 3.85. The number of benzene rings is 1. The van der Waals surface area contributed by atoms with Crippen LogP contribution in [-0.4, -0.2) is 10.6 Å². The molecule has 1 aromatic heterocycles. The Morgan fingerprint density at radius 3 is 2.54 bits per heavy atom. The lowest BCUT2D eigenvalue weighted by Crippen LogP contribution is -2.27. The number of phenolic OH excluding ortho intramolecular Hbond substituents is 1. The number of aromatic hydroxyl groups is 1. The molecule has 68 valence electrons. The summed E-state index contributed by atoms with van der Waals surface area (Å²) >= 11 is 0. The number of aryl methyl sites for hydroxylation is 1. The second-order valence-corrected chi connectivity index (χ2v) is 2.83. The molecule has 0 aliphatic heterocycles. The van der Waals surface area contributed by atoms with Gasteiger partial charge in [-0.25, -0.2) is 0 Å². The van der Waals surface area contributed by atoms with Crippen LogP contribution in [0.25, 0.3) is 10.9 Å². The molecule has 0 bridgehead atoms. The maximum Gasteiger partial charge on any atom is 0.254 e. The Hall–Kier alpha value is -1.61. The van der Waals surface area contributed by atoms with Crippen molar-refractivity contribution in [1.82, 2.24) is 0 Å². The third-order valence-corrected chi connectivity index (χ3v) is 1.98. The second-order valence-electron chi connectivity index (χ2n) is 2.83. The smallest absolute Gasteiger partial charge is 0.254 e. The second kappa shape index (κ2) is 3.41. The minimum absolute atomic E-state index is 0. The third kappa shape index (κ3) is 1.46. The monoisotopic (exact) mass is 177 g/mol. The molecule has 0 unspecified atom stereocenters. The van der Waals surface area contributed by atoms with Crippen LogP contribution in [0.5, 0.6) is 5.75 Å². The summed E-state index contributed by atoms with van der Waals surface area (Å²) in [6.07, 6.45) is 1.92. The molecule has 0 fully saturated rings. The number of hydrogen-bond acceptors (Lipinski definition) is 2. The molecule has 0 amide bonds. The van der Waals surface area contributed by atoms with Crippen molar-refractivity contribution in [2.75, 3.05) is 0 Å². The van der Waals surface area contributed by atoms with Crippen LogP contribution in [0, 0.1) is 0 Å². The first-order valence-corrected chi connectivity index (χ1v) is 3.85. The van der Waals surface area contributed by atoms with E-state index in [0.29, 0.717) is 5.75 Å². The summed E-state index contributed by atoms with van der Waals surface area (Å²) in [6, 6.07) is 9.46. The van der Waals surface area contributed by atoms with Gasteiger partial charge in [0.25, 0.3) is 5.52 Å². The summed E-state index contributed by atoms with van der Waals surface area (Å²) in [5.74, 6) is 0.329. The summed E-state index contributed by atoms with van der Waals surface area (Å²) in [4.78, 5) is 0.